The van der Waals surface area contributed by atoms with Crippen LogP contribution in [0.15, 0.2) is 6.20 Å². The Morgan fingerprint density at radius 3 is 2.64 bits per heavy atom. The zero-order valence-electron chi connectivity index (χ0n) is 15.3. The fourth-order valence-corrected chi connectivity index (χ4v) is 4.10. The highest BCUT2D eigenvalue weighted by Gasteiger charge is 2.25. The summed E-state index contributed by atoms with van der Waals surface area (Å²) in [6.45, 7) is 3.73. The summed E-state index contributed by atoms with van der Waals surface area (Å²) in [5.41, 5.74) is 0.362. The normalized spacial score (nSPS) is 20.7. The SMILES string of the molecule is CN(CCO)C(=O)c1cn(C2CCN(CC3CCCCC3)CC2)nn1. The van der Waals surface area contributed by atoms with Gasteiger partial charge in [-0.1, -0.05) is 24.5 Å². The molecule has 1 N–H and O–H groups in total. The van der Waals surface area contributed by atoms with Gasteiger partial charge >= 0.3 is 0 Å². The third-order valence-electron chi connectivity index (χ3n) is 5.68. The fraction of sp³-hybridized carbons (Fsp3) is 0.833. The van der Waals surface area contributed by atoms with Gasteiger partial charge in [-0.3, -0.25) is 4.79 Å². The highest BCUT2D eigenvalue weighted by Crippen LogP contribution is 2.27. The number of piperidine rings is 1. The third-order valence-corrected chi connectivity index (χ3v) is 5.68. The van der Waals surface area contributed by atoms with E-state index in [0.717, 1.165) is 31.8 Å². The molecule has 2 heterocycles. The zero-order chi connectivity index (χ0) is 17.6. The predicted molar refractivity (Wildman–Crippen MR) is 95.4 cm³/mol. The highest BCUT2D eigenvalue weighted by atomic mass is 16.3. The first-order valence-corrected chi connectivity index (χ1v) is 9.68. The fourth-order valence-electron chi connectivity index (χ4n) is 4.10. The van der Waals surface area contributed by atoms with Crippen LogP contribution >= 0.6 is 0 Å². The number of nitrogens with zero attached hydrogens (tertiary/aromatic N) is 5. The van der Waals surface area contributed by atoms with Gasteiger partial charge in [-0.25, -0.2) is 4.68 Å². The molecule has 0 radical (unpaired) electrons. The molecule has 7 nitrogen and oxygen atoms in total. The Labute approximate surface area is 150 Å². The molecular weight excluding hydrogens is 318 g/mol. The number of rotatable bonds is 6. The number of likely N-dealkylation sites (tertiary alicyclic amines) is 1. The van der Waals surface area contributed by atoms with E-state index in [4.69, 9.17) is 5.11 Å². The van der Waals surface area contributed by atoms with Crippen LogP contribution in [0.3, 0.4) is 0 Å². The number of carbonyl (C=O) groups is 1. The van der Waals surface area contributed by atoms with Gasteiger partial charge in [0.1, 0.15) is 0 Å². The van der Waals surface area contributed by atoms with Crippen LogP contribution < -0.4 is 0 Å². The first-order chi connectivity index (χ1) is 12.2. The molecule has 1 saturated heterocycles. The van der Waals surface area contributed by atoms with E-state index >= 15 is 0 Å². The molecule has 1 saturated carbocycles. The van der Waals surface area contributed by atoms with Crippen LogP contribution in [0.25, 0.3) is 0 Å². The van der Waals surface area contributed by atoms with Gasteiger partial charge in [-0.2, -0.15) is 0 Å². The van der Waals surface area contributed by atoms with E-state index in [1.165, 1.54) is 43.5 Å². The third kappa shape index (κ3) is 4.79. The Morgan fingerprint density at radius 2 is 1.96 bits per heavy atom. The van der Waals surface area contributed by atoms with Crippen LogP contribution in [0.5, 0.6) is 0 Å². The Bertz CT molecular complexity index is 547. The molecule has 140 valence electrons. The molecule has 1 amide bonds. The summed E-state index contributed by atoms with van der Waals surface area (Å²) < 4.78 is 1.86. The summed E-state index contributed by atoms with van der Waals surface area (Å²) in [6.07, 6.45) is 10.9. The lowest BCUT2D eigenvalue weighted by atomic mass is 9.88. The first-order valence-electron chi connectivity index (χ1n) is 9.68. The summed E-state index contributed by atoms with van der Waals surface area (Å²) in [4.78, 5) is 16.3. The minimum Gasteiger partial charge on any atom is -0.395 e. The molecule has 25 heavy (non-hydrogen) atoms. The largest absolute Gasteiger partial charge is 0.395 e. The second-order valence-corrected chi connectivity index (χ2v) is 7.57. The molecule has 1 aliphatic heterocycles. The molecule has 0 aromatic carbocycles. The number of hydrogen-bond donors (Lipinski definition) is 1. The Morgan fingerprint density at radius 1 is 1.24 bits per heavy atom. The highest BCUT2D eigenvalue weighted by molar-refractivity contribution is 5.91. The van der Waals surface area contributed by atoms with Crippen molar-refractivity contribution in [3.05, 3.63) is 11.9 Å². The van der Waals surface area contributed by atoms with Crippen LogP contribution in [0.4, 0.5) is 0 Å². The number of hydrogen-bond acceptors (Lipinski definition) is 5. The maximum Gasteiger partial charge on any atom is 0.275 e. The summed E-state index contributed by atoms with van der Waals surface area (Å²) in [5, 5.41) is 17.2. The average molecular weight is 349 g/mol. The lowest BCUT2D eigenvalue weighted by Crippen LogP contribution is -2.38. The Hall–Kier alpha value is -1.47. The lowest BCUT2D eigenvalue weighted by molar-refractivity contribution is 0.0761. The summed E-state index contributed by atoms with van der Waals surface area (Å²) in [7, 11) is 1.67. The van der Waals surface area contributed by atoms with Crippen LogP contribution in [0.1, 0.15) is 61.5 Å². The minimum atomic E-state index is -0.185. The predicted octanol–water partition coefficient (Wildman–Crippen LogP) is 1.56. The van der Waals surface area contributed by atoms with Crippen molar-refractivity contribution in [2.45, 2.75) is 51.0 Å². The lowest BCUT2D eigenvalue weighted by Gasteiger charge is -2.35. The molecule has 0 atom stereocenters. The van der Waals surface area contributed by atoms with Gasteiger partial charge in [0, 0.05) is 33.2 Å². The van der Waals surface area contributed by atoms with Crippen molar-refractivity contribution in [1.29, 1.82) is 0 Å². The van der Waals surface area contributed by atoms with Crippen molar-refractivity contribution < 1.29 is 9.90 Å². The second-order valence-electron chi connectivity index (χ2n) is 7.57. The molecular formula is C18H31N5O2. The van der Waals surface area contributed by atoms with Crippen molar-refractivity contribution in [2.75, 3.05) is 39.8 Å². The van der Waals surface area contributed by atoms with E-state index in [9.17, 15) is 4.79 Å². The van der Waals surface area contributed by atoms with Gasteiger partial charge in [-0.15, -0.1) is 5.10 Å². The van der Waals surface area contributed by atoms with E-state index < -0.39 is 0 Å². The molecule has 0 bridgehead atoms. The van der Waals surface area contributed by atoms with E-state index in [1.54, 1.807) is 13.2 Å². The maximum atomic E-state index is 12.2. The van der Waals surface area contributed by atoms with Gasteiger partial charge in [-0.05, 0) is 31.6 Å². The van der Waals surface area contributed by atoms with Crippen molar-refractivity contribution in [3.63, 3.8) is 0 Å². The van der Waals surface area contributed by atoms with Gasteiger partial charge < -0.3 is 14.9 Å². The minimum absolute atomic E-state index is 0.0458. The van der Waals surface area contributed by atoms with E-state index in [-0.39, 0.29) is 12.5 Å². The molecule has 0 unspecified atom stereocenters. The van der Waals surface area contributed by atoms with Gasteiger partial charge in [0.2, 0.25) is 0 Å². The van der Waals surface area contributed by atoms with Crippen LogP contribution in [-0.4, -0.2) is 75.6 Å². The number of aromatic nitrogens is 3. The zero-order valence-corrected chi connectivity index (χ0v) is 15.3. The van der Waals surface area contributed by atoms with Crippen molar-refractivity contribution >= 4 is 5.91 Å². The second kappa shape index (κ2) is 8.76. The maximum absolute atomic E-state index is 12.2. The molecule has 1 aliphatic carbocycles. The molecule has 1 aromatic rings. The molecule has 2 aliphatic rings. The smallest absolute Gasteiger partial charge is 0.275 e. The number of aliphatic hydroxyl groups is 1. The van der Waals surface area contributed by atoms with E-state index in [2.05, 4.69) is 15.2 Å². The molecule has 0 spiro atoms. The average Bonchev–Trinajstić information content (AvgIpc) is 3.13. The molecule has 2 fully saturated rings. The van der Waals surface area contributed by atoms with Crippen LogP contribution in [-0.2, 0) is 0 Å². The van der Waals surface area contributed by atoms with E-state index in [1.807, 2.05) is 4.68 Å². The van der Waals surface area contributed by atoms with Crippen LogP contribution in [0, 0.1) is 5.92 Å². The van der Waals surface area contributed by atoms with Gasteiger partial charge in [0.15, 0.2) is 5.69 Å². The number of carbonyl (C=O) groups excluding carboxylic acids is 1. The van der Waals surface area contributed by atoms with E-state index in [0.29, 0.717) is 18.3 Å². The number of aliphatic hydroxyl groups excluding tert-OH is 1. The molecule has 1 aromatic heterocycles. The van der Waals surface area contributed by atoms with Crippen molar-refractivity contribution in [1.82, 2.24) is 24.8 Å². The first kappa shape index (κ1) is 18.3. The van der Waals surface area contributed by atoms with Crippen LogP contribution in [0.2, 0.25) is 0 Å². The number of amides is 1. The molecule has 3 rings (SSSR count). The summed E-state index contributed by atoms with van der Waals surface area (Å²) in [6, 6.07) is 0.333. The topological polar surface area (TPSA) is 74.5 Å². The van der Waals surface area contributed by atoms with Gasteiger partial charge in [0.25, 0.3) is 5.91 Å². The van der Waals surface area contributed by atoms with Crippen molar-refractivity contribution in [3.8, 4) is 0 Å². The summed E-state index contributed by atoms with van der Waals surface area (Å²) in [5.74, 6) is 0.706. The Balaban J connectivity index is 1.48. The molecule has 7 heteroatoms. The van der Waals surface area contributed by atoms with Crippen molar-refractivity contribution in [2.24, 2.45) is 5.92 Å². The number of likely N-dealkylation sites (N-methyl/N-ethyl adjacent to an activating group) is 1. The standard InChI is InChI=1S/C18H31N5O2/c1-21(11-12-24)18(25)17-14-23(20-19-17)16-7-9-22(10-8-16)13-15-5-3-2-4-6-15/h14-16,24H,2-13H2,1H3. The monoisotopic (exact) mass is 349 g/mol. The van der Waals surface area contributed by atoms with Gasteiger partial charge in [0.05, 0.1) is 18.8 Å². The quantitative estimate of drug-likeness (QED) is 0.844. The summed E-state index contributed by atoms with van der Waals surface area (Å²) >= 11 is 0. The Kier molecular flexibility index (Phi) is 6.42.